The molecule has 0 saturated heterocycles. The number of hydrogen-bond donors (Lipinski definition) is 1. The van der Waals surface area contributed by atoms with Crippen LogP contribution in [0.2, 0.25) is 0 Å². The van der Waals surface area contributed by atoms with E-state index in [0.717, 1.165) is 39.5 Å². The predicted molar refractivity (Wildman–Crippen MR) is 151 cm³/mol. The van der Waals surface area contributed by atoms with Crippen LogP contribution in [0.4, 0.5) is 10.1 Å². The fraction of sp³-hybridized carbons (Fsp3) is 0.333. The molecule has 39 heavy (non-hydrogen) atoms. The van der Waals surface area contributed by atoms with E-state index in [4.69, 9.17) is 0 Å². The van der Waals surface area contributed by atoms with E-state index in [1.54, 1.807) is 19.1 Å². The van der Waals surface area contributed by atoms with E-state index < -0.39 is 34.3 Å². The number of anilines is 1. The maximum atomic E-state index is 13.9. The molecule has 2 atom stereocenters. The summed E-state index contributed by atoms with van der Waals surface area (Å²) in [5.74, 6) is -1.43. The number of aryl methyl sites for hydroxylation is 2. The second-order valence-electron chi connectivity index (χ2n) is 9.81. The van der Waals surface area contributed by atoms with Crippen LogP contribution < -0.4 is 9.62 Å². The summed E-state index contributed by atoms with van der Waals surface area (Å²) in [5.41, 5.74) is 2.81. The van der Waals surface area contributed by atoms with Crippen molar-refractivity contribution in [2.24, 2.45) is 0 Å². The van der Waals surface area contributed by atoms with Crippen LogP contribution in [0.3, 0.4) is 0 Å². The minimum Gasteiger partial charge on any atom is -0.352 e. The fourth-order valence-corrected chi connectivity index (χ4v) is 5.44. The molecule has 7 nitrogen and oxygen atoms in total. The Morgan fingerprint density at radius 1 is 0.923 bits per heavy atom. The zero-order chi connectivity index (χ0) is 28.7. The topological polar surface area (TPSA) is 86.8 Å². The first-order valence-electron chi connectivity index (χ1n) is 12.9. The summed E-state index contributed by atoms with van der Waals surface area (Å²) >= 11 is 0. The maximum absolute atomic E-state index is 13.9. The second kappa shape index (κ2) is 12.9. The molecule has 0 fully saturated rings. The average molecular weight is 554 g/mol. The number of hydrogen-bond acceptors (Lipinski definition) is 4. The smallest absolute Gasteiger partial charge is 0.264 e. The van der Waals surface area contributed by atoms with Crippen molar-refractivity contribution < 1.29 is 22.4 Å². The summed E-state index contributed by atoms with van der Waals surface area (Å²) in [6, 6.07) is 17.8. The number of amides is 2. The molecule has 0 aliphatic carbocycles. The number of sulfonamides is 1. The molecule has 0 aliphatic rings. The molecule has 3 aromatic carbocycles. The van der Waals surface area contributed by atoms with Crippen molar-refractivity contribution in [3.8, 4) is 0 Å². The van der Waals surface area contributed by atoms with Gasteiger partial charge in [0.25, 0.3) is 10.0 Å². The number of carbonyl (C=O) groups excluding carboxylic acids is 2. The molecule has 208 valence electrons. The van der Waals surface area contributed by atoms with Gasteiger partial charge in [-0.05, 0) is 76.1 Å². The zero-order valence-corrected chi connectivity index (χ0v) is 23.8. The maximum Gasteiger partial charge on any atom is 0.264 e. The van der Waals surface area contributed by atoms with Crippen molar-refractivity contribution in [3.63, 3.8) is 0 Å². The van der Waals surface area contributed by atoms with Gasteiger partial charge < -0.3 is 10.2 Å². The molecule has 0 aliphatic heterocycles. The third kappa shape index (κ3) is 7.66. The standard InChI is InChI=1S/C30H36FN3O4S/c1-6-23(4)32-30(36)24(5)33(19-25-9-7-8-22(3)18-25)29(35)20-34(27-14-12-26(31)13-15-27)39(37,38)28-16-10-21(2)11-17-28/h7-18,23-24H,6,19-20H2,1-5H3,(H,32,36). The molecule has 2 unspecified atom stereocenters. The highest BCUT2D eigenvalue weighted by molar-refractivity contribution is 7.92. The lowest BCUT2D eigenvalue weighted by atomic mass is 10.1. The molecule has 3 rings (SSSR count). The summed E-state index contributed by atoms with van der Waals surface area (Å²) in [6.07, 6.45) is 0.720. The molecule has 0 saturated carbocycles. The molecule has 1 N–H and O–H groups in total. The average Bonchev–Trinajstić information content (AvgIpc) is 2.90. The van der Waals surface area contributed by atoms with Crippen molar-refractivity contribution in [2.45, 2.75) is 64.6 Å². The molecule has 0 spiro atoms. The van der Waals surface area contributed by atoms with Crippen molar-refractivity contribution in [3.05, 3.63) is 95.3 Å². The van der Waals surface area contributed by atoms with Gasteiger partial charge in [-0.15, -0.1) is 0 Å². The zero-order valence-electron chi connectivity index (χ0n) is 23.0. The van der Waals surface area contributed by atoms with Gasteiger partial charge in [-0.25, -0.2) is 12.8 Å². The van der Waals surface area contributed by atoms with Crippen LogP contribution in [0.25, 0.3) is 0 Å². The predicted octanol–water partition coefficient (Wildman–Crippen LogP) is 4.97. The van der Waals surface area contributed by atoms with Crippen LogP contribution in [0, 0.1) is 19.7 Å². The van der Waals surface area contributed by atoms with Crippen molar-refractivity contribution in [1.82, 2.24) is 10.2 Å². The number of halogens is 1. The van der Waals surface area contributed by atoms with Gasteiger partial charge in [0, 0.05) is 12.6 Å². The van der Waals surface area contributed by atoms with Gasteiger partial charge in [-0.3, -0.25) is 13.9 Å². The Kier molecular flexibility index (Phi) is 9.86. The molecule has 0 radical (unpaired) electrons. The first-order valence-corrected chi connectivity index (χ1v) is 14.4. The van der Waals surface area contributed by atoms with E-state index in [2.05, 4.69) is 5.32 Å². The van der Waals surface area contributed by atoms with Crippen molar-refractivity contribution >= 4 is 27.5 Å². The largest absolute Gasteiger partial charge is 0.352 e. The molecule has 0 heterocycles. The van der Waals surface area contributed by atoms with E-state index in [9.17, 15) is 22.4 Å². The van der Waals surface area contributed by atoms with E-state index in [-0.39, 0.29) is 29.1 Å². The number of nitrogens with zero attached hydrogens (tertiary/aromatic N) is 2. The van der Waals surface area contributed by atoms with E-state index >= 15 is 0 Å². The van der Waals surface area contributed by atoms with Gasteiger partial charge in [0.15, 0.2) is 0 Å². The number of benzene rings is 3. The SMILES string of the molecule is CCC(C)NC(=O)C(C)N(Cc1cccc(C)c1)C(=O)CN(c1ccc(F)cc1)S(=O)(=O)c1ccc(C)cc1. The van der Waals surface area contributed by atoms with E-state index in [1.165, 1.54) is 29.2 Å². The van der Waals surface area contributed by atoms with Crippen LogP contribution in [0.5, 0.6) is 0 Å². The fourth-order valence-electron chi connectivity index (χ4n) is 4.03. The highest BCUT2D eigenvalue weighted by Crippen LogP contribution is 2.25. The Hall–Kier alpha value is -3.72. The molecule has 0 bridgehead atoms. The van der Waals surface area contributed by atoms with Gasteiger partial charge in [0.2, 0.25) is 11.8 Å². The Balaban J connectivity index is 2.02. The lowest BCUT2D eigenvalue weighted by Crippen LogP contribution is -2.52. The van der Waals surface area contributed by atoms with Gasteiger partial charge >= 0.3 is 0 Å². The quantitative estimate of drug-likeness (QED) is 0.363. The molecule has 0 aromatic heterocycles. The Morgan fingerprint density at radius 3 is 2.15 bits per heavy atom. The summed E-state index contributed by atoms with van der Waals surface area (Å²) < 4.78 is 42.2. The first-order chi connectivity index (χ1) is 18.4. The van der Waals surface area contributed by atoms with Gasteiger partial charge in [0.05, 0.1) is 10.6 Å². The molecular weight excluding hydrogens is 517 g/mol. The normalized spacial score (nSPS) is 12.9. The highest BCUT2D eigenvalue weighted by Gasteiger charge is 2.32. The highest BCUT2D eigenvalue weighted by atomic mass is 32.2. The minimum atomic E-state index is -4.20. The third-order valence-corrected chi connectivity index (χ3v) is 8.39. The van der Waals surface area contributed by atoms with Crippen molar-refractivity contribution in [2.75, 3.05) is 10.8 Å². The first kappa shape index (κ1) is 29.8. The van der Waals surface area contributed by atoms with Gasteiger partial charge in [-0.1, -0.05) is 54.4 Å². The second-order valence-corrected chi connectivity index (χ2v) is 11.7. The summed E-state index contributed by atoms with van der Waals surface area (Å²) in [5, 5.41) is 2.91. The molecule has 2 amide bonds. The molecular formula is C30H36FN3O4S. The Labute approximate surface area is 230 Å². The van der Waals surface area contributed by atoms with E-state index in [0.29, 0.717) is 0 Å². The Morgan fingerprint density at radius 2 is 1.56 bits per heavy atom. The number of rotatable bonds is 11. The lowest BCUT2D eigenvalue weighted by molar-refractivity contribution is -0.139. The number of nitrogens with one attached hydrogen (secondary N) is 1. The summed E-state index contributed by atoms with van der Waals surface area (Å²) in [4.78, 5) is 28.3. The third-order valence-electron chi connectivity index (χ3n) is 6.61. The lowest BCUT2D eigenvalue weighted by Gasteiger charge is -2.32. The van der Waals surface area contributed by atoms with Crippen LogP contribution >= 0.6 is 0 Å². The van der Waals surface area contributed by atoms with Crippen LogP contribution in [0.15, 0.2) is 77.7 Å². The monoisotopic (exact) mass is 553 g/mol. The summed E-state index contributed by atoms with van der Waals surface area (Å²) in [7, 11) is -4.20. The van der Waals surface area contributed by atoms with Crippen LogP contribution in [-0.2, 0) is 26.2 Å². The molecule has 9 heteroatoms. The van der Waals surface area contributed by atoms with Gasteiger partial charge in [0.1, 0.15) is 18.4 Å². The van der Waals surface area contributed by atoms with Gasteiger partial charge in [-0.2, -0.15) is 0 Å². The number of carbonyl (C=O) groups is 2. The van der Waals surface area contributed by atoms with Crippen LogP contribution in [-0.4, -0.2) is 43.8 Å². The Bertz CT molecular complexity index is 1390. The minimum absolute atomic E-state index is 0.00183. The van der Waals surface area contributed by atoms with E-state index in [1.807, 2.05) is 52.0 Å². The van der Waals surface area contributed by atoms with Crippen LogP contribution in [0.1, 0.15) is 43.9 Å². The van der Waals surface area contributed by atoms with Crippen molar-refractivity contribution in [1.29, 1.82) is 0 Å². The summed E-state index contributed by atoms with van der Waals surface area (Å²) in [6.45, 7) is 8.75. The molecule has 3 aromatic rings.